The molecule has 1 rings (SSSR count). The van der Waals surface area contributed by atoms with Crippen molar-refractivity contribution in [1.82, 2.24) is 4.72 Å². The molecule has 0 aromatic heterocycles. The molecule has 0 spiro atoms. The Morgan fingerprint density at radius 2 is 1.89 bits per heavy atom. The molecule has 0 fully saturated rings. The second-order valence-corrected chi connectivity index (χ2v) is 6.20. The van der Waals surface area contributed by atoms with E-state index in [1.54, 1.807) is 32.0 Å². The normalized spacial score (nSPS) is 11.8. The van der Waals surface area contributed by atoms with E-state index in [0.29, 0.717) is 5.75 Å². The van der Waals surface area contributed by atoms with Crippen LogP contribution in [0.4, 0.5) is 0 Å². The van der Waals surface area contributed by atoms with Gasteiger partial charge in [-0.2, -0.15) is 0 Å². The first-order chi connectivity index (χ1) is 7.76. The minimum Gasteiger partial charge on any atom is -0.495 e. The van der Waals surface area contributed by atoms with Crippen LogP contribution in [0.5, 0.6) is 5.75 Å². The Kier molecular flexibility index (Phi) is 6.09. The Balaban J connectivity index is 0.00000289. The van der Waals surface area contributed by atoms with Gasteiger partial charge in [-0.15, -0.1) is 12.4 Å². The highest BCUT2D eigenvalue weighted by Crippen LogP contribution is 2.22. The number of hydrogen-bond donors (Lipinski definition) is 2. The molecular formula is C11H19ClN2O3S. The first kappa shape index (κ1) is 17.2. The van der Waals surface area contributed by atoms with E-state index < -0.39 is 15.6 Å². The van der Waals surface area contributed by atoms with Crippen molar-refractivity contribution in [2.24, 2.45) is 5.73 Å². The zero-order chi connectivity index (χ0) is 13.1. The lowest BCUT2D eigenvalue weighted by Crippen LogP contribution is -2.45. The van der Waals surface area contributed by atoms with Gasteiger partial charge in [0.05, 0.1) is 7.11 Å². The Hall–Kier alpha value is -0.820. The van der Waals surface area contributed by atoms with Gasteiger partial charge in [0.1, 0.15) is 10.6 Å². The summed E-state index contributed by atoms with van der Waals surface area (Å²) in [5, 5.41) is 0. The molecule has 0 bridgehead atoms. The number of methoxy groups -OCH3 is 1. The molecule has 1 aromatic rings. The zero-order valence-corrected chi connectivity index (χ0v) is 12.3. The van der Waals surface area contributed by atoms with Crippen LogP contribution in [-0.2, 0) is 10.0 Å². The SMILES string of the molecule is COc1ccccc1S(=O)(=O)NCC(C)(C)N.Cl. The van der Waals surface area contributed by atoms with E-state index in [1.807, 2.05) is 0 Å². The largest absolute Gasteiger partial charge is 0.495 e. The fourth-order valence-corrected chi connectivity index (χ4v) is 2.59. The zero-order valence-electron chi connectivity index (χ0n) is 10.6. The van der Waals surface area contributed by atoms with Gasteiger partial charge in [0.25, 0.3) is 0 Å². The van der Waals surface area contributed by atoms with Crippen molar-refractivity contribution >= 4 is 22.4 Å². The molecule has 7 heteroatoms. The van der Waals surface area contributed by atoms with Crippen LogP contribution >= 0.6 is 12.4 Å². The fraction of sp³-hybridized carbons (Fsp3) is 0.455. The molecule has 0 aliphatic carbocycles. The van der Waals surface area contributed by atoms with E-state index in [4.69, 9.17) is 10.5 Å². The Bertz CT molecular complexity index is 483. The van der Waals surface area contributed by atoms with E-state index in [1.165, 1.54) is 13.2 Å². The average molecular weight is 295 g/mol. The van der Waals surface area contributed by atoms with Crippen LogP contribution in [0.15, 0.2) is 29.2 Å². The standard InChI is InChI=1S/C11H18N2O3S.ClH/c1-11(2,12)8-13-17(14,15)10-7-5-4-6-9(10)16-3;/h4-7,13H,8,12H2,1-3H3;1H. The molecule has 0 atom stereocenters. The summed E-state index contributed by atoms with van der Waals surface area (Å²) in [5.74, 6) is 0.315. The van der Waals surface area contributed by atoms with Gasteiger partial charge in [-0.25, -0.2) is 13.1 Å². The summed E-state index contributed by atoms with van der Waals surface area (Å²) in [6.45, 7) is 3.66. The number of para-hydroxylation sites is 1. The first-order valence-electron chi connectivity index (χ1n) is 5.18. The van der Waals surface area contributed by atoms with E-state index in [0.717, 1.165) is 0 Å². The second-order valence-electron chi connectivity index (χ2n) is 4.46. The summed E-state index contributed by atoms with van der Waals surface area (Å²) >= 11 is 0. The van der Waals surface area contributed by atoms with Crippen molar-refractivity contribution in [3.63, 3.8) is 0 Å². The highest BCUT2D eigenvalue weighted by molar-refractivity contribution is 7.89. The summed E-state index contributed by atoms with van der Waals surface area (Å²) in [6, 6.07) is 6.45. The lowest BCUT2D eigenvalue weighted by Gasteiger charge is -2.19. The van der Waals surface area contributed by atoms with Crippen LogP contribution in [0.25, 0.3) is 0 Å². The maximum absolute atomic E-state index is 12.0. The number of sulfonamides is 1. The number of nitrogens with one attached hydrogen (secondary N) is 1. The molecule has 1 aromatic carbocycles. The maximum Gasteiger partial charge on any atom is 0.244 e. The van der Waals surface area contributed by atoms with Crippen molar-refractivity contribution in [3.05, 3.63) is 24.3 Å². The van der Waals surface area contributed by atoms with Gasteiger partial charge in [-0.1, -0.05) is 12.1 Å². The molecule has 104 valence electrons. The monoisotopic (exact) mass is 294 g/mol. The van der Waals surface area contributed by atoms with Crippen molar-refractivity contribution in [3.8, 4) is 5.75 Å². The van der Waals surface area contributed by atoms with E-state index in [-0.39, 0.29) is 23.8 Å². The molecule has 0 radical (unpaired) electrons. The van der Waals surface area contributed by atoms with Crippen LogP contribution in [-0.4, -0.2) is 27.6 Å². The number of ether oxygens (including phenoxy) is 1. The lowest BCUT2D eigenvalue weighted by atomic mass is 10.1. The van der Waals surface area contributed by atoms with Gasteiger partial charge < -0.3 is 10.5 Å². The molecule has 5 nitrogen and oxygen atoms in total. The van der Waals surface area contributed by atoms with Crippen LogP contribution < -0.4 is 15.2 Å². The topological polar surface area (TPSA) is 81.4 Å². The molecule has 18 heavy (non-hydrogen) atoms. The van der Waals surface area contributed by atoms with Gasteiger partial charge in [0.2, 0.25) is 10.0 Å². The number of nitrogens with two attached hydrogens (primary N) is 1. The van der Waals surface area contributed by atoms with Crippen LogP contribution in [0, 0.1) is 0 Å². The van der Waals surface area contributed by atoms with Crippen LogP contribution in [0.2, 0.25) is 0 Å². The molecule has 0 unspecified atom stereocenters. The van der Waals surface area contributed by atoms with E-state index >= 15 is 0 Å². The van der Waals surface area contributed by atoms with Gasteiger partial charge in [0.15, 0.2) is 0 Å². The number of halogens is 1. The molecule has 0 saturated heterocycles. The van der Waals surface area contributed by atoms with Gasteiger partial charge in [0, 0.05) is 12.1 Å². The predicted molar refractivity (Wildman–Crippen MR) is 73.7 cm³/mol. The van der Waals surface area contributed by atoms with Crippen LogP contribution in [0.3, 0.4) is 0 Å². The molecule has 0 aliphatic heterocycles. The summed E-state index contributed by atoms with van der Waals surface area (Å²) in [7, 11) is -2.16. The highest BCUT2D eigenvalue weighted by Gasteiger charge is 2.21. The summed E-state index contributed by atoms with van der Waals surface area (Å²) in [6.07, 6.45) is 0. The minimum atomic E-state index is -3.59. The summed E-state index contributed by atoms with van der Waals surface area (Å²) < 4.78 is 31.5. The Labute approximate surface area is 114 Å². The maximum atomic E-state index is 12.0. The average Bonchev–Trinajstić information content (AvgIpc) is 2.26. The van der Waals surface area contributed by atoms with Crippen molar-refractivity contribution in [1.29, 1.82) is 0 Å². The molecule has 0 saturated carbocycles. The Morgan fingerprint density at radius 3 is 2.39 bits per heavy atom. The molecule has 0 heterocycles. The molecule has 0 aliphatic rings. The third kappa shape index (κ3) is 4.81. The minimum absolute atomic E-state index is 0. The second kappa shape index (κ2) is 6.38. The fourth-order valence-electron chi connectivity index (χ4n) is 1.20. The predicted octanol–water partition coefficient (Wildman–Crippen LogP) is 1.13. The molecular weight excluding hydrogens is 276 g/mol. The Morgan fingerprint density at radius 1 is 1.33 bits per heavy atom. The van der Waals surface area contributed by atoms with E-state index in [2.05, 4.69) is 4.72 Å². The first-order valence-corrected chi connectivity index (χ1v) is 6.66. The van der Waals surface area contributed by atoms with Crippen molar-refractivity contribution < 1.29 is 13.2 Å². The third-order valence-corrected chi connectivity index (χ3v) is 3.52. The number of rotatable bonds is 5. The van der Waals surface area contributed by atoms with Crippen molar-refractivity contribution in [2.75, 3.05) is 13.7 Å². The summed E-state index contributed by atoms with van der Waals surface area (Å²) in [4.78, 5) is 0.117. The molecule has 0 amide bonds. The number of benzene rings is 1. The smallest absolute Gasteiger partial charge is 0.244 e. The molecule has 3 N–H and O–H groups in total. The quantitative estimate of drug-likeness (QED) is 0.853. The lowest BCUT2D eigenvalue weighted by molar-refractivity contribution is 0.402. The van der Waals surface area contributed by atoms with Gasteiger partial charge in [-0.05, 0) is 26.0 Å². The van der Waals surface area contributed by atoms with Crippen molar-refractivity contribution in [2.45, 2.75) is 24.3 Å². The van der Waals surface area contributed by atoms with E-state index in [9.17, 15) is 8.42 Å². The van der Waals surface area contributed by atoms with Gasteiger partial charge in [-0.3, -0.25) is 0 Å². The van der Waals surface area contributed by atoms with Crippen LogP contribution in [0.1, 0.15) is 13.8 Å². The van der Waals surface area contributed by atoms with Gasteiger partial charge >= 0.3 is 0 Å². The third-order valence-electron chi connectivity index (χ3n) is 2.08. The summed E-state index contributed by atoms with van der Waals surface area (Å²) in [5.41, 5.74) is 5.13. The highest BCUT2D eigenvalue weighted by atomic mass is 35.5. The number of hydrogen-bond acceptors (Lipinski definition) is 4.